The molecule has 1 heterocycles. The Hall–Kier alpha value is -1.52. The quantitative estimate of drug-likeness (QED) is 0.606. The fourth-order valence-electron chi connectivity index (χ4n) is 1.67. The summed E-state index contributed by atoms with van der Waals surface area (Å²) >= 11 is 9.34. The second-order valence-corrected chi connectivity index (χ2v) is 5.62. The maximum Gasteiger partial charge on any atom is 0.222 e. The van der Waals surface area contributed by atoms with Gasteiger partial charge in [0.05, 0.1) is 5.02 Å². The van der Waals surface area contributed by atoms with E-state index in [1.165, 1.54) is 6.08 Å². The predicted octanol–water partition coefficient (Wildman–Crippen LogP) is 5.20. The van der Waals surface area contributed by atoms with E-state index < -0.39 is 0 Å². The lowest BCUT2D eigenvalue weighted by Gasteiger charge is -2.07. The molecule has 0 fully saturated rings. The summed E-state index contributed by atoms with van der Waals surface area (Å²) in [6.45, 7) is 3.61. The van der Waals surface area contributed by atoms with Gasteiger partial charge in [-0.2, -0.15) is 0 Å². The average molecular weight is 355 g/mol. The molecule has 20 heavy (non-hydrogen) atoms. The maximum atomic E-state index is 11.9. The smallest absolute Gasteiger partial charge is 0.222 e. The van der Waals surface area contributed by atoms with Gasteiger partial charge in [-0.25, -0.2) is 0 Å². The van der Waals surface area contributed by atoms with E-state index in [1.807, 2.05) is 19.1 Å². The van der Waals surface area contributed by atoms with Gasteiger partial charge in [0.1, 0.15) is 5.76 Å². The van der Waals surface area contributed by atoms with Crippen molar-refractivity contribution in [1.82, 2.24) is 0 Å². The van der Waals surface area contributed by atoms with E-state index in [9.17, 15) is 4.79 Å². The number of rotatable bonds is 4. The van der Waals surface area contributed by atoms with Crippen LogP contribution in [0.2, 0.25) is 5.02 Å². The van der Waals surface area contributed by atoms with Crippen LogP contribution in [0.5, 0.6) is 0 Å². The molecule has 104 valence electrons. The largest absolute Gasteiger partial charge is 0.458 e. The Morgan fingerprint density at radius 2 is 2.10 bits per heavy atom. The minimum atomic E-state index is -0.175. The van der Waals surface area contributed by atoms with Gasteiger partial charge in [0.2, 0.25) is 5.78 Å². The first-order chi connectivity index (χ1) is 9.45. The zero-order valence-corrected chi connectivity index (χ0v) is 13.4. The van der Waals surface area contributed by atoms with Crippen molar-refractivity contribution in [1.29, 1.82) is 0 Å². The zero-order valence-electron chi connectivity index (χ0n) is 11.0. The molecule has 0 aliphatic carbocycles. The normalized spacial score (nSPS) is 11.5. The van der Waals surface area contributed by atoms with Gasteiger partial charge in [-0.15, -0.1) is 0 Å². The number of allylic oxidation sites excluding steroid dienone is 2. The number of anilines is 1. The number of nitrogens with one attached hydrogen (secondary N) is 1. The number of carbonyl (C=O) groups is 1. The predicted molar refractivity (Wildman–Crippen MR) is 84.3 cm³/mol. The van der Waals surface area contributed by atoms with Crippen molar-refractivity contribution in [2.75, 3.05) is 5.32 Å². The van der Waals surface area contributed by atoms with Gasteiger partial charge < -0.3 is 9.73 Å². The molecule has 5 heteroatoms. The number of benzene rings is 1. The van der Waals surface area contributed by atoms with Crippen molar-refractivity contribution in [2.45, 2.75) is 13.8 Å². The molecule has 1 aromatic heterocycles. The number of halogens is 2. The highest BCUT2D eigenvalue weighted by atomic mass is 79.9. The van der Waals surface area contributed by atoms with Crippen LogP contribution in [0.1, 0.15) is 23.2 Å². The highest BCUT2D eigenvalue weighted by Crippen LogP contribution is 2.26. The van der Waals surface area contributed by atoms with Crippen LogP contribution >= 0.6 is 27.5 Å². The van der Waals surface area contributed by atoms with Crippen LogP contribution in [0.3, 0.4) is 0 Å². The second kappa shape index (κ2) is 6.29. The maximum absolute atomic E-state index is 11.9. The Bertz CT molecular complexity index is 676. The molecule has 0 atom stereocenters. The van der Waals surface area contributed by atoms with E-state index in [1.54, 1.807) is 25.1 Å². The Balaban J connectivity index is 2.10. The fourth-order valence-corrected chi connectivity index (χ4v) is 2.10. The molecule has 0 saturated heterocycles. The minimum Gasteiger partial charge on any atom is -0.458 e. The first kappa shape index (κ1) is 14.9. The molecule has 0 aliphatic heterocycles. The van der Waals surface area contributed by atoms with Crippen molar-refractivity contribution in [2.24, 2.45) is 0 Å². The third-order valence-electron chi connectivity index (χ3n) is 2.59. The lowest BCUT2D eigenvalue weighted by molar-refractivity contribution is 0.102. The molecule has 1 N–H and O–H groups in total. The summed E-state index contributed by atoms with van der Waals surface area (Å²) < 4.78 is 6.11. The molecule has 2 aromatic rings. The van der Waals surface area contributed by atoms with Gasteiger partial charge >= 0.3 is 0 Å². The van der Waals surface area contributed by atoms with Crippen molar-refractivity contribution >= 4 is 39.0 Å². The van der Waals surface area contributed by atoms with Gasteiger partial charge in [-0.1, -0.05) is 11.6 Å². The van der Waals surface area contributed by atoms with Crippen LogP contribution in [0, 0.1) is 6.92 Å². The molecule has 1 aromatic carbocycles. The number of hydrogen-bond acceptors (Lipinski definition) is 3. The minimum absolute atomic E-state index is 0.175. The zero-order chi connectivity index (χ0) is 14.7. The third kappa shape index (κ3) is 3.74. The molecule has 0 spiro atoms. The van der Waals surface area contributed by atoms with Gasteiger partial charge in [-0.05, 0) is 60.1 Å². The van der Waals surface area contributed by atoms with Crippen molar-refractivity contribution < 1.29 is 9.21 Å². The topological polar surface area (TPSA) is 42.2 Å². The molecular weight excluding hydrogens is 342 g/mol. The highest BCUT2D eigenvalue weighted by Gasteiger charge is 2.08. The molecule has 0 unspecified atom stereocenters. The first-order valence-corrected chi connectivity index (χ1v) is 7.14. The van der Waals surface area contributed by atoms with Crippen LogP contribution in [0.15, 0.2) is 51.0 Å². The molecule has 0 aliphatic rings. The Morgan fingerprint density at radius 1 is 1.35 bits per heavy atom. The Labute approximate surface area is 130 Å². The Kier molecular flexibility index (Phi) is 4.68. The van der Waals surface area contributed by atoms with Crippen molar-refractivity contribution in [3.63, 3.8) is 0 Å². The fraction of sp³-hybridized carbons (Fsp3) is 0.133. The second-order valence-electron chi connectivity index (χ2n) is 4.36. The van der Waals surface area contributed by atoms with Gasteiger partial charge in [0.15, 0.2) is 5.76 Å². The molecule has 2 rings (SSSR count). The van der Waals surface area contributed by atoms with Crippen LogP contribution in [0.25, 0.3) is 0 Å². The van der Waals surface area contributed by atoms with Gasteiger partial charge in [-0.3, -0.25) is 4.79 Å². The van der Waals surface area contributed by atoms with E-state index in [-0.39, 0.29) is 5.78 Å². The summed E-state index contributed by atoms with van der Waals surface area (Å²) in [5.74, 6) is 0.871. The summed E-state index contributed by atoms with van der Waals surface area (Å²) in [7, 11) is 0. The van der Waals surface area contributed by atoms with E-state index in [2.05, 4.69) is 21.2 Å². The molecule has 0 bridgehead atoms. The number of ketones is 1. The number of aryl methyl sites for hydroxylation is 1. The van der Waals surface area contributed by atoms with Crippen LogP contribution in [-0.4, -0.2) is 5.78 Å². The van der Waals surface area contributed by atoms with E-state index in [0.29, 0.717) is 22.2 Å². The summed E-state index contributed by atoms with van der Waals surface area (Å²) in [5.41, 5.74) is 1.53. The lowest BCUT2D eigenvalue weighted by atomic mass is 10.2. The molecule has 0 saturated carbocycles. The lowest BCUT2D eigenvalue weighted by Crippen LogP contribution is -2.00. The molecule has 0 radical (unpaired) electrons. The van der Waals surface area contributed by atoms with Crippen LogP contribution in [0.4, 0.5) is 5.69 Å². The average Bonchev–Trinajstić information content (AvgIpc) is 2.80. The third-order valence-corrected chi connectivity index (χ3v) is 3.82. The van der Waals surface area contributed by atoms with Crippen molar-refractivity contribution in [3.05, 3.63) is 63.1 Å². The monoisotopic (exact) mass is 353 g/mol. The summed E-state index contributed by atoms with van der Waals surface area (Å²) in [6, 6.07) is 8.92. The standard InChI is InChI=1S/C15H13BrClNO2/c1-9(7-14(19)15-6-3-10(2)20-15)18-11-4-5-12(16)13(17)8-11/h3-8,18H,1-2H3. The van der Waals surface area contributed by atoms with Gasteiger partial charge in [0.25, 0.3) is 0 Å². The molecular formula is C15H13BrClNO2. The SMILES string of the molecule is CC(=CC(=O)c1ccc(C)o1)Nc1ccc(Br)c(Cl)c1. The summed E-state index contributed by atoms with van der Waals surface area (Å²) in [5, 5.41) is 3.72. The summed E-state index contributed by atoms with van der Waals surface area (Å²) in [6.07, 6.45) is 1.49. The summed E-state index contributed by atoms with van der Waals surface area (Å²) in [4.78, 5) is 11.9. The molecule has 0 amide bonds. The van der Waals surface area contributed by atoms with Crippen LogP contribution in [-0.2, 0) is 0 Å². The number of furan rings is 1. The van der Waals surface area contributed by atoms with Crippen molar-refractivity contribution in [3.8, 4) is 0 Å². The van der Waals surface area contributed by atoms with E-state index in [0.717, 1.165) is 10.2 Å². The van der Waals surface area contributed by atoms with E-state index >= 15 is 0 Å². The first-order valence-electron chi connectivity index (χ1n) is 5.97. The number of carbonyl (C=O) groups excluding carboxylic acids is 1. The highest BCUT2D eigenvalue weighted by molar-refractivity contribution is 9.10. The Morgan fingerprint density at radius 3 is 2.70 bits per heavy atom. The molecule has 3 nitrogen and oxygen atoms in total. The van der Waals surface area contributed by atoms with Gasteiger partial charge in [0, 0.05) is 21.9 Å². The van der Waals surface area contributed by atoms with E-state index in [4.69, 9.17) is 16.0 Å². The number of hydrogen-bond donors (Lipinski definition) is 1. The van der Waals surface area contributed by atoms with Crippen LogP contribution < -0.4 is 5.32 Å².